The minimum absolute atomic E-state index is 0.270. The first-order chi connectivity index (χ1) is 9.96. The molecule has 0 saturated heterocycles. The number of carbonyl (C=O) groups is 1. The zero-order valence-corrected chi connectivity index (χ0v) is 13.1. The van der Waals surface area contributed by atoms with Crippen molar-refractivity contribution in [2.75, 3.05) is 5.32 Å². The minimum Gasteiger partial charge on any atom is -0.310 e. The molecule has 1 saturated carbocycles. The summed E-state index contributed by atoms with van der Waals surface area (Å²) < 4.78 is -1.11. The van der Waals surface area contributed by atoms with Crippen molar-refractivity contribution in [1.82, 2.24) is 4.98 Å². The topological polar surface area (TPSA) is 42.0 Å². The average molecular weight is 342 g/mol. The summed E-state index contributed by atoms with van der Waals surface area (Å²) in [4.78, 5) is 16.7. The third kappa shape index (κ3) is 2.50. The number of benzene rings is 1. The average Bonchev–Trinajstić information content (AvgIpc) is 3.07. The Morgan fingerprint density at radius 2 is 1.81 bits per heavy atom. The predicted octanol–water partition coefficient (Wildman–Crippen LogP) is 4.19. The monoisotopic (exact) mass is 340 g/mol. The van der Waals surface area contributed by atoms with Gasteiger partial charge in [0.05, 0.1) is 5.02 Å². The highest BCUT2D eigenvalue weighted by Gasteiger charge is 2.72. The maximum absolute atomic E-state index is 12.6. The number of alkyl halides is 2. The first kappa shape index (κ1) is 14.6. The lowest BCUT2D eigenvalue weighted by Crippen LogP contribution is -2.32. The van der Waals surface area contributed by atoms with E-state index in [-0.39, 0.29) is 5.91 Å². The van der Waals surface area contributed by atoms with Gasteiger partial charge in [-0.1, -0.05) is 41.9 Å². The lowest BCUT2D eigenvalue weighted by atomic mass is 9.95. The van der Waals surface area contributed by atoms with Crippen LogP contribution in [0.25, 0.3) is 0 Å². The second kappa shape index (κ2) is 5.16. The molecular weight excluding hydrogens is 331 g/mol. The van der Waals surface area contributed by atoms with E-state index in [2.05, 4.69) is 10.3 Å². The van der Waals surface area contributed by atoms with Gasteiger partial charge in [-0.2, -0.15) is 0 Å². The molecule has 0 unspecified atom stereocenters. The summed E-state index contributed by atoms with van der Waals surface area (Å²) in [6.45, 7) is 0. The predicted molar refractivity (Wildman–Crippen MR) is 85.1 cm³/mol. The van der Waals surface area contributed by atoms with Crippen LogP contribution < -0.4 is 5.32 Å². The summed E-state index contributed by atoms with van der Waals surface area (Å²) in [5, 5.41) is 3.25. The van der Waals surface area contributed by atoms with Crippen LogP contribution in [0.4, 0.5) is 5.82 Å². The van der Waals surface area contributed by atoms with Crippen LogP contribution in [0.1, 0.15) is 12.0 Å². The number of aromatic nitrogens is 1. The number of carbonyl (C=O) groups excluding carboxylic acids is 1. The van der Waals surface area contributed by atoms with Crippen LogP contribution in [-0.4, -0.2) is 15.2 Å². The molecule has 21 heavy (non-hydrogen) atoms. The molecule has 3 rings (SSSR count). The van der Waals surface area contributed by atoms with E-state index in [1.54, 1.807) is 12.1 Å². The second-order valence-electron chi connectivity index (χ2n) is 4.97. The van der Waals surface area contributed by atoms with Gasteiger partial charge in [0.1, 0.15) is 15.6 Å². The summed E-state index contributed by atoms with van der Waals surface area (Å²) in [6, 6.07) is 12.6. The van der Waals surface area contributed by atoms with Gasteiger partial charge in [-0.05, 0) is 17.7 Å². The van der Waals surface area contributed by atoms with Gasteiger partial charge in [-0.25, -0.2) is 4.98 Å². The Morgan fingerprint density at radius 3 is 2.33 bits per heavy atom. The van der Waals surface area contributed by atoms with E-state index in [1.165, 1.54) is 6.20 Å². The number of hydrogen-bond donors (Lipinski definition) is 1. The number of anilines is 1. The van der Waals surface area contributed by atoms with Crippen molar-refractivity contribution >= 4 is 46.5 Å². The van der Waals surface area contributed by atoms with Gasteiger partial charge in [-0.3, -0.25) is 4.79 Å². The van der Waals surface area contributed by atoms with Crippen molar-refractivity contribution < 1.29 is 4.79 Å². The first-order valence-electron chi connectivity index (χ1n) is 6.32. The molecule has 1 aromatic carbocycles. The number of rotatable bonds is 3. The fourth-order valence-electron chi connectivity index (χ4n) is 2.37. The van der Waals surface area contributed by atoms with E-state index in [9.17, 15) is 4.79 Å². The molecule has 0 spiro atoms. The molecular formula is C15H11Cl3N2O. The Morgan fingerprint density at radius 1 is 1.14 bits per heavy atom. The van der Waals surface area contributed by atoms with Crippen LogP contribution >= 0.6 is 34.8 Å². The summed E-state index contributed by atoms with van der Waals surface area (Å²) in [5.74, 6) is 0.143. The number of nitrogens with zero attached hydrogens (tertiary/aromatic N) is 1. The molecule has 1 heterocycles. The van der Waals surface area contributed by atoms with Crippen molar-refractivity contribution in [1.29, 1.82) is 0 Å². The zero-order chi connectivity index (χ0) is 15.1. The third-order valence-electron chi connectivity index (χ3n) is 3.61. The zero-order valence-electron chi connectivity index (χ0n) is 10.8. The van der Waals surface area contributed by atoms with E-state index in [1.807, 2.05) is 30.3 Å². The molecule has 1 fully saturated rings. The largest absolute Gasteiger partial charge is 0.310 e. The van der Waals surface area contributed by atoms with Gasteiger partial charge >= 0.3 is 0 Å². The van der Waals surface area contributed by atoms with E-state index in [0.717, 1.165) is 5.56 Å². The van der Waals surface area contributed by atoms with Gasteiger partial charge in [-0.15, -0.1) is 23.2 Å². The quantitative estimate of drug-likeness (QED) is 0.851. The van der Waals surface area contributed by atoms with Crippen molar-refractivity contribution in [2.45, 2.75) is 16.2 Å². The Kier molecular flexibility index (Phi) is 3.60. The minimum atomic E-state index is -1.11. The van der Waals surface area contributed by atoms with Gasteiger partial charge in [0.2, 0.25) is 5.91 Å². The second-order valence-corrected chi connectivity index (χ2v) is 6.89. The molecule has 1 atom stereocenters. The molecule has 108 valence electrons. The molecule has 1 amide bonds. The fourth-order valence-corrected chi connectivity index (χ4v) is 3.28. The normalized spacial score (nSPS) is 22.6. The fraction of sp³-hybridized carbons (Fsp3) is 0.200. The van der Waals surface area contributed by atoms with Gasteiger partial charge in [0.15, 0.2) is 0 Å². The Balaban J connectivity index is 1.89. The number of nitrogens with one attached hydrogen (secondary N) is 1. The maximum atomic E-state index is 12.6. The first-order valence-corrected chi connectivity index (χ1v) is 7.45. The number of pyridine rings is 1. The molecule has 0 radical (unpaired) electrons. The van der Waals surface area contributed by atoms with Crippen LogP contribution in [0.2, 0.25) is 5.02 Å². The van der Waals surface area contributed by atoms with Crippen LogP contribution in [0, 0.1) is 0 Å². The maximum Gasteiger partial charge on any atom is 0.239 e. The molecule has 2 aromatic rings. The van der Waals surface area contributed by atoms with Crippen LogP contribution in [0.5, 0.6) is 0 Å². The molecule has 6 heteroatoms. The van der Waals surface area contributed by atoms with E-state index in [0.29, 0.717) is 17.3 Å². The van der Waals surface area contributed by atoms with Crippen molar-refractivity contribution in [3.63, 3.8) is 0 Å². The highest BCUT2D eigenvalue weighted by molar-refractivity contribution is 6.54. The Hall–Kier alpha value is -1.29. The molecule has 1 aliphatic rings. The van der Waals surface area contributed by atoms with E-state index in [4.69, 9.17) is 34.8 Å². The highest BCUT2D eigenvalue weighted by Crippen LogP contribution is 2.65. The summed E-state index contributed by atoms with van der Waals surface area (Å²) >= 11 is 18.3. The van der Waals surface area contributed by atoms with E-state index >= 15 is 0 Å². The SMILES string of the molecule is O=C(Nc1ccc(Cl)cn1)[C@@]1(c2ccccc2)CC1(Cl)Cl. The number of hydrogen-bond acceptors (Lipinski definition) is 2. The standard InChI is InChI=1S/C15H11Cl3N2O/c16-11-6-7-12(19-8-11)20-13(21)14(9-15(14,17)18)10-4-2-1-3-5-10/h1-8H,9H2,(H,19,20,21)/t14-/m0/s1. The van der Waals surface area contributed by atoms with Crippen LogP contribution in [-0.2, 0) is 10.2 Å². The van der Waals surface area contributed by atoms with Gasteiger partial charge in [0.25, 0.3) is 0 Å². The summed E-state index contributed by atoms with van der Waals surface area (Å²) in [6.07, 6.45) is 1.83. The number of amides is 1. The van der Waals surface area contributed by atoms with Crippen molar-refractivity contribution in [2.24, 2.45) is 0 Å². The van der Waals surface area contributed by atoms with Crippen molar-refractivity contribution in [3.05, 3.63) is 59.2 Å². The Labute approximate surface area is 137 Å². The molecule has 1 aliphatic carbocycles. The lowest BCUT2D eigenvalue weighted by molar-refractivity contribution is -0.118. The molecule has 0 aliphatic heterocycles. The molecule has 0 bridgehead atoms. The van der Waals surface area contributed by atoms with E-state index < -0.39 is 9.75 Å². The molecule has 1 N–H and O–H groups in total. The smallest absolute Gasteiger partial charge is 0.239 e. The summed E-state index contributed by atoms with van der Waals surface area (Å²) in [5.41, 5.74) is -0.153. The molecule has 1 aromatic heterocycles. The van der Waals surface area contributed by atoms with Crippen LogP contribution in [0.3, 0.4) is 0 Å². The highest BCUT2D eigenvalue weighted by atomic mass is 35.5. The van der Waals surface area contributed by atoms with Crippen LogP contribution in [0.15, 0.2) is 48.7 Å². The lowest BCUT2D eigenvalue weighted by Gasteiger charge is -2.18. The molecule has 3 nitrogen and oxygen atoms in total. The van der Waals surface area contributed by atoms with Gasteiger partial charge in [0, 0.05) is 12.6 Å². The summed E-state index contributed by atoms with van der Waals surface area (Å²) in [7, 11) is 0. The third-order valence-corrected chi connectivity index (χ3v) is 4.75. The van der Waals surface area contributed by atoms with Crippen molar-refractivity contribution in [3.8, 4) is 0 Å². The number of halogens is 3. The van der Waals surface area contributed by atoms with Gasteiger partial charge < -0.3 is 5.32 Å². The Bertz CT molecular complexity index is 673.